The molecule has 0 fully saturated rings. The van der Waals surface area contributed by atoms with E-state index < -0.39 is 6.04 Å². The summed E-state index contributed by atoms with van der Waals surface area (Å²) in [7, 11) is 3.40. The first-order chi connectivity index (χ1) is 10.6. The number of ether oxygens (including phenoxy) is 1. The van der Waals surface area contributed by atoms with Crippen molar-refractivity contribution in [1.82, 2.24) is 4.90 Å². The van der Waals surface area contributed by atoms with Crippen LogP contribution in [0.5, 0.6) is 5.75 Å². The van der Waals surface area contributed by atoms with Crippen LogP contribution in [0.2, 0.25) is 0 Å². The van der Waals surface area contributed by atoms with Crippen LogP contribution in [0.25, 0.3) is 0 Å². The van der Waals surface area contributed by atoms with Crippen LogP contribution in [-0.2, 0) is 17.8 Å². The van der Waals surface area contributed by atoms with Crippen LogP contribution in [0.3, 0.4) is 0 Å². The van der Waals surface area contributed by atoms with E-state index in [2.05, 4.69) is 0 Å². The van der Waals surface area contributed by atoms with Crippen molar-refractivity contribution < 1.29 is 9.53 Å². The minimum absolute atomic E-state index is 0. The zero-order valence-electron chi connectivity index (χ0n) is 13.4. The van der Waals surface area contributed by atoms with Gasteiger partial charge in [-0.2, -0.15) is 0 Å². The SMILES string of the molecule is COc1cccc(CN(C)C(=O)[C@@H](N)Cc2ccccc2)c1.Cl. The molecular weight excluding hydrogens is 312 g/mol. The Bertz CT molecular complexity index is 619. The Morgan fingerprint density at radius 2 is 1.78 bits per heavy atom. The lowest BCUT2D eigenvalue weighted by Crippen LogP contribution is -2.42. The third-order valence-electron chi connectivity index (χ3n) is 3.55. The van der Waals surface area contributed by atoms with Crippen molar-refractivity contribution >= 4 is 18.3 Å². The zero-order valence-corrected chi connectivity index (χ0v) is 14.3. The first-order valence-corrected chi connectivity index (χ1v) is 7.27. The predicted molar refractivity (Wildman–Crippen MR) is 94.8 cm³/mol. The van der Waals surface area contributed by atoms with E-state index in [-0.39, 0.29) is 18.3 Å². The van der Waals surface area contributed by atoms with Crippen LogP contribution < -0.4 is 10.5 Å². The molecule has 0 aliphatic rings. The number of hydrogen-bond acceptors (Lipinski definition) is 3. The Morgan fingerprint density at radius 1 is 1.13 bits per heavy atom. The number of hydrogen-bond donors (Lipinski definition) is 1. The van der Waals surface area contributed by atoms with Crippen LogP contribution in [0.1, 0.15) is 11.1 Å². The molecule has 0 radical (unpaired) electrons. The molecule has 5 heteroatoms. The van der Waals surface area contributed by atoms with Crippen LogP contribution in [-0.4, -0.2) is 31.0 Å². The van der Waals surface area contributed by atoms with Gasteiger partial charge in [0.05, 0.1) is 13.2 Å². The number of rotatable bonds is 6. The monoisotopic (exact) mass is 334 g/mol. The Hall–Kier alpha value is -2.04. The average Bonchev–Trinajstić information content (AvgIpc) is 2.55. The first-order valence-electron chi connectivity index (χ1n) is 7.27. The van der Waals surface area contributed by atoms with Crippen LogP contribution in [0.15, 0.2) is 54.6 Å². The highest BCUT2D eigenvalue weighted by Gasteiger charge is 2.18. The summed E-state index contributed by atoms with van der Waals surface area (Å²) in [4.78, 5) is 14.0. The minimum Gasteiger partial charge on any atom is -0.497 e. The summed E-state index contributed by atoms with van der Waals surface area (Å²) in [5, 5.41) is 0. The highest BCUT2D eigenvalue weighted by molar-refractivity contribution is 5.85. The molecule has 0 aromatic heterocycles. The summed E-state index contributed by atoms with van der Waals surface area (Å²) in [5.74, 6) is 0.721. The van der Waals surface area contributed by atoms with Gasteiger partial charge in [0.15, 0.2) is 0 Å². The van der Waals surface area contributed by atoms with Gasteiger partial charge in [0, 0.05) is 13.6 Å². The second-order valence-electron chi connectivity index (χ2n) is 5.34. The lowest BCUT2D eigenvalue weighted by molar-refractivity contribution is -0.131. The van der Waals surface area contributed by atoms with Crippen molar-refractivity contribution in [3.05, 3.63) is 65.7 Å². The summed E-state index contributed by atoms with van der Waals surface area (Å²) in [5.41, 5.74) is 8.13. The molecule has 0 unspecified atom stereocenters. The van der Waals surface area contributed by atoms with Crippen LogP contribution >= 0.6 is 12.4 Å². The molecule has 0 bridgehead atoms. The Morgan fingerprint density at radius 3 is 2.43 bits per heavy atom. The van der Waals surface area contributed by atoms with Crippen molar-refractivity contribution in [3.63, 3.8) is 0 Å². The topological polar surface area (TPSA) is 55.6 Å². The zero-order chi connectivity index (χ0) is 15.9. The van der Waals surface area contributed by atoms with E-state index >= 15 is 0 Å². The predicted octanol–water partition coefficient (Wildman–Crippen LogP) is 2.65. The molecule has 0 aliphatic carbocycles. The van der Waals surface area contributed by atoms with Gasteiger partial charge in [-0.05, 0) is 29.7 Å². The second-order valence-corrected chi connectivity index (χ2v) is 5.34. The van der Waals surface area contributed by atoms with E-state index in [4.69, 9.17) is 10.5 Å². The minimum atomic E-state index is -0.530. The summed E-state index contributed by atoms with van der Waals surface area (Å²) in [6, 6.07) is 17.0. The largest absolute Gasteiger partial charge is 0.497 e. The third kappa shape index (κ3) is 5.58. The van der Waals surface area contributed by atoms with E-state index in [1.165, 1.54) is 0 Å². The molecule has 1 amide bonds. The van der Waals surface area contributed by atoms with Crippen molar-refractivity contribution in [3.8, 4) is 5.75 Å². The quantitative estimate of drug-likeness (QED) is 0.883. The molecule has 2 aromatic rings. The number of benzene rings is 2. The summed E-state index contributed by atoms with van der Waals surface area (Å²) in [6.45, 7) is 0.512. The molecule has 0 saturated heterocycles. The van der Waals surface area contributed by atoms with Gasteiger partial charge in [-0.15, -0.1) is 12.4 Å². The summed E-state index contributed by atoms with van der Waals surface area (Å²) in [6.07, 6.45) is 0.544. The lowest BCUT2D eigenvalue weighted by atomic mass is 10.1. The van der Waals surface area contributed by atoms with E-state index in [1.54, 1.807) is 19.1 Å². The third-order valence-corrected chi connectivity index (χ3v) is 3.55. The van der Waals surface area contributed by atoms with E-state index in [0.717, 1.165) is 16.9 Å². The molecule has 1 atom stereocenters. The number of halogens is 1. The van der Waals surface area contributed by atoms with Gasteiger partial charge in [-0.25, -0.2) is 0 Å². The molecule has 0 spiro atoms. The van der Waals surface area contributed by atoms with Gasteiger partial charge in [0.25, 0.3) is 0 Å². The highest BCUT2D eigenvalue weighted by Crippen LogP contribution is 2.14. The Labute approximate surface area is 143 Å². The highest BCUT2D eigenvalue weighted by atomic mass is 35.5. The molecule has 4 nitrogen and oxygen atoms in total. The fourth-order valence-corrected chi connectivity index (χ4v) is 2.36. The van der Waals surface area contributed by atoms with E-state index in [0.29, 0.717) is 13.0 Å². The van der Waals surface area contributed by atoms with Gasteiger partial charge in [0.1, 0.15) is 5.75 Å². The van der Waals surface area contributed by atoms with Gasteiger partial charge in [-0.1, -0.05) is 42.5 Å². The Balaban J connectivity index is 0.00000264. The Kier molecular flexibility index (Phi) is 7.59. The van der Waals surface area contributed by atoms with Crippen molar-refractivity contribution in [2.75, 3.05) is 14.2 Å². The standard InChI is InChI=1S/C18H22N2O2.ClH/c1-20(13-15-9-6-10-16(11-15)22-2)18(21)17(19)12-14-7-4-3-5-8-14;/h3-11,17H,12-13,19H2,1-2H3;1H/t17-;/m0./s1. The molecule has 2 N–H and O–H groups in total. The summed E-state index contributed by atoms with van der Waals surface area (Å²) < 4.78 is 5.20. The molecule has 0 heterocycles. The van der Waals surface area contributed by atoms with Gasteiger partial charge in [0.2, 0.25) is 5.91 Å². The van der Waals surface area contributed by atoms with Gasteiger partial charge < -0.3 is 15.4 Å². The number of methoxy groups -OCH3 is 1. The fourth-order valence-electron chi connectivity index (χ4n) is 2.36. The average molecular weight is 335 g/mol. The normalized spacial score (nSPS) is 11.3. The number of carbonyl (C=O) groups is 1. The molecule has 2 aromatic carbocycles. The molecule has 23 heavy (non-hydrogen) atoms. The maximum atomic E-state index is 12.4. The number of nitrogens with two attached hydrogens (primary N) is 1. The van der Waals surface area contributed by atoms with Gasteiger partial charge in [-0.3, -0.25) is 4.79 Å². The molecule has 0 saturated carbocycles. The number of nitrogens with zero attached hydrogens (tertiary/aromatic N) is 1. The second kappa shape index (κ2) is 9.18. The molecular formula is C18H23ClN2O2. The van der Waals surface area contributed by atoms with Crippen molar-refractivity contribution in [2.45, 2.75) is 19.0 Å². The van der Waals surface area contributed by atoms with E-state index in [9.17, 15) is 4.79 Å². The fraction of sp³-hybridized carbons (Fsp3) is 0.278. The van der Waals surface area contributed by atoms with E-state index in [1.807, 2.05) is 54.6 Å². The smallest absolute Gasteiger partial charge is 0.239 e. The molecule has 0 aliphatic heterocycles. The summed E-state index contributed by atoms with van der Waals surface area (Å²) >= 11 is 0. The number of likely N-dealkylation sites (N-methyl/N-ethyl adjacent to an activating group) is 1. The maximum absolute atomic E-state index is 12.4. The number of amides is 1. The molecule has 2 rings (SSSR count). The maximum Gasteiger partial charge on any atom is 0.239 e. The van der Waals surface area contributed by atoms with Crippen molar-refractivity contribution in [1.29, 1.82) is 0 Å². The van der Waals surface area contributed by atoms with Crippen LogP contribution in [0.4, 0.5) is 0 Å². The lowest BCUT2D eigenvalue weighted by Gasteiger charge is -2.21. The van der Waals surface area contributed by atoms with Crippen molar-refractivity contribution in [2.24, 2.45) is 5.73 Å². The number of carbonyl (C=O) groups excluding carboxylic acids is 1. The molecule has 124 valence electrons. The van der Waals surface area contributed by atoms with Crippen LogP contribution in [0, 0.1) is 0 Å². The first kappa shape index (κ1) is 19.0. The van der Waals surface area contributed by atoms with Gasteiger partial charge >= 0.3 is 0 Å².